The molecule has 15 heavy (non-hydrogen) atoms. The first-order chi connectivity index (χ1) is 7.22. The maximum atomic E-state index is 8.52. The van der Waals surface area contributed by atoms with Crippen LogP contribution in [0.2, 0.25) is 0 Å². The lowest BCUT2D eigenvalue weighted by molar-refractivity contribution is -0.0429. The van der Waals surface area contributed by atoms with Crippen molar-refractivity contribution in [2.24, 2.45) is 0 Å². The lowest BCUT2D eigenvalue weighted by Crippen LogP contribution is -2.42. The first kappa shape index (κ1) is 12.9. The summed E-state index contributed by atoms with van der Waals surface area (Å²) in [7, 11) is 0. The highest BCUT2D eigenvalue weighted by Gasteiger charge is 2.23. The lowest BCUT2D eigenvalue weighted by atomic mass is 10.00. The van der Waals surface area contributed by atoms with Gasteiger partial charge in [-0.25, -0.2) is 0 Å². The maximum Gasteiger partial charge on any atom is 0.0698 e. The van der Waals surface area contributed by atoms with Crippen molar-refractivity contribution in [3.05, 3.63) is 0 Å². The molecule has 0 radical (unpaired) electrons. The van der Waals surface area contributed by atoms with E-state index in [1.165, 1.54) is 0 Å². The highest BCUT2D eigenvalue weighted by atomic mass is 16.5. The minimum absolute atomic E-state index is 0.103. The molecule has 1 aliphatic heterocycles. The van der Waals surface area contributed by atoms with Gasteiger partial charge < -0.3 is 19.9 Å². The Morgan fingerprint density at radius 2 is 1.93 bits per heavy atom. The van der Waals surface area contributed by atoms with Gasteiger partial charge in [-0.05, 0) is 26.7 Å². The summed E-state index contributed by atoms with van der Waals surface area (Å²) >= 11 is 0. The van der Waals surface area contributed by atoms with Gasteiger partial charge in [0.1, 0.15) is 0 Å². The summed E-state index contributed by atoms with van der Waals surface area (Å²) < 4.78 is 10.8. The average molecular weight is 217 g/mol. The van der Waals surface area contributed by atoms with E-state index in [1.54, 1.807) is 0 Å². The third kappa shape index (κ3) is 5.47. The number of rotatable bonds is 6. The molecule has 0 unspecified atom stereocenters. The van der Waals surface area contributed by atoms with E-state index in [0.717, 1.165) is 19.4 Å². The van der Waals surface area contributed by atoms with Crippen LogP contribution in [0.4, 0.5) is 0 Å². The quantitative estimate of drug-likeness (QED) is 0.638. The molecule has 2 atom stereocenters. The van der Waals surface area contributed by atoms with Gasteiger partial charge in [0.25, 0.3) is 0 Å². The summed E-state index contributed by atoms with van der Waals surface area (Å²) in [6.07, 6.45) is 2.85. The summed E-state index contributed by atoms with van der Waals surface area (Å²) in [5, 5.41) is 12.0. The summed E-state index contributed by atoms with van der Waals surface area (Å²) in [5.41, 5.74) is 0. The van der Waals surface area contributed by atoms with E-state index in [2.05, 4.69) is 19.2 Å². The van der Waals surface area contributed by atoms with Gasteiger partial charge in [0.15, 0.2) is 0 Å². The van der Waals surface area contributed by atoms with Crippen LogP contribution >= 0.6 is 0 Å². The molecule has 0 spiro atoms. The van der Waals surface area contributed by atoms with Gasteiger partial charge >= 0.3 is 0 Å². The van der Waals surface area contributed by atoms with Crippen LogP contribution in [0.1, 0.15) is 26.7 Å². The normalized spacial score (nSPS) is 31.8. The molecule has 1 fully saturated rings. The zero-order valence-electron chi connectivity index (χ0n) is 9.74. The van der Waals surface area contributed by atoms with Crippen LogP contribution in [0.15, 0.2) is 0 Å². The number of hydrogen-bond acceptors (Lipinski definition) is 4. The molecule has 1 aliphatic rings. The van der Waals surface area contributed by atoms with E-state index < -0.39 is 0 Å². The van der Waals surface area contributed by atoms with Gasteiger partial charge in [-0.3, -0.25) is 0 Å². The van der Waals surface area contributed by atoms with Crippen LogP contribution in [0.5, 0.6) is 0 Å². The van der Waals surface area contributed by atoms with Crippen molar-refractivity contribution in [2.75, 3.05) is 26.4 Å². The molecule has 4 nitrogen and oxygen atoms in total. The van der Waals surface area contributed by atoms with Crippen LogP contribution in [0.3, 0.4) is 0 Å². The highest BCUT2D eigenvalue weighted by Crippen LogP contribution is 2.18. The Morgan fingerprint density at radius 1 is 1.27 bits per heavy atom. The zero-order chi connectivity index (χ0) is 11.1. The standard InChI is InChI=1S/C11H23NO3/c1-9-7-11(8-10(2)15-9)12-3-5-14-6-4-13/h9-13H,3-8H2,1-2H3/t9-,10-/m0/s1. The van der Waals surface area contributed by atoms with Crippen molar-refractivity contribution in [3.63, 3.8) is 0 Å². The fourth-order valence-corrected chi connectivity index (χ4v) is 2.07. The third-order valence-corrected chi connectivity index (χ3v) is 2.61. The second-order valence-corrected chi connectivity index (χ2v) is 4.22. The van der Waals surface area contributed by atoms with E-state index in [1.807, 2.05) is 0 Å². The van der Waals surface area contributed by atoms with Crippen molar-refractivity contribution in [1.82, 2.24) is 5.32 Å². The van der Waals surface area contributed by atoms with E-state index >= 15 is 0 Å². The van der Waals surface area contributed by atoms with E-state index in [4.69, 9.17) is 14.6 Å². The summed E-state index contributed by atoms with van der Waals surface area (Å²) in [4.78, 5) is 0. The number of aliphatic hydroxyl groups excluding tert-OH is 1. The first-order valence-electron chi connectivity index (χ1n) is 5.79. The molecule has 1 heterocycles. The summed E-state index contributed by atoms with van der Waals surface area (Å²) in [6.45, 7) is 6.29. The molecule has 1 saturated heterocycles. The minimum atomic E-state index is 0.103. The molecule has 0 saturated carbocycles. The summed E-state index contributed by atoms with van der Waals surface area (Å²) in [6, 6.07) is 0.543. The molecular formula is C11H23NO3. The number of ether oxygens (including phenoxy) is 2. The monoisotopic (exact) mass is 217 g/mol. The van der Waals surface area contributed by atoms with Gasteiger partial charge in [-0.2, -0.15) is 0 Å². The van der Waals surface area contributed by atoms with Gasteiger partial charge in [0, 0.05) is 12.6 Å². The van der Waals surface area contributed by atoms with E-state index in [9.17, 15) is 0 Å². The highest BCUT2D eigenvalue weighted by molar-refractivity contribution is 4.78. The van der Waals surface area contributed by atoms with Crippen molar-refractivity contribution in [1.29, 1.82) is 0 Å². The fraction of sp³-hybridized carbons (Fsp3) is 1.00. The molecule has 2 N–H and O–H groups in total. The minimum Gasteiger partial charge on any atom is -0.394 e. The molecule has 90 valence electrons. The third-order valence-electron chi connectivity index (χ3n) is 2.61. The van der Waals surface area contributed by atoms with Crippen LogP contribution in [0.25, 0.3) is 0 Å². The smallest absolute Gasteiger partial charge is 0.0698 e. The number of aliphatic hydroxyl groups is 1. The Bertz CT molecular complexity index is 156. The van der Waals surface area contributed by atoms with Crippen molar-refractivity contribution in [2.45, 2.75) is 44.9 Å². The van der Waals surface area contributed by atoms with Crippen molar-refractivity contribution in [3.8, 4) is 0 Å². The molecule has 0 aromatic rings. The summed E-state index contributed by atoms with van der Waals surface area (Å²) in [5.74, 6) is 0. The van der Waals surface area contributed by atoms with Crippen molar-refractivity contribution < 1.29 is 14.6 Å². The van der Waals surface area contributed by atoms with Crippen LogP contribution in [-0.4, -0.2) is 49.7 Å². The predicted molar refractivity (Wildman–Crippen MR) is 58.9 cm³/mol. The van der Waals surface area contributed by atoms with Crippen molar-refractivity contribution >= 4 is 0 Å². The lowest BCUT2D eigenvalue weighted by Gasteiger charge is -2.32. The topological polar surface area (TPSA) is 50.7 Å². The molecule has 0 aromatic carbocycles. The SMILES string of the molecule is C[C@H]1CC(NCCOCCO)C[C@H](C)O1. The molecule has 0 bridgehead atoms. The van der Waals surface area contributed by atoms with Gasteiger partial charge in [0.05, 0.1) is 32.0 Å². The van der Waals surface area contributed by atoms with E-state index in [-0.39, 0.29) is 6.61 Å². The van der Waals surface area contributed by atoms with Crippen LogP contribution < -0.4 is 5.32 Å². The Hall–Kier alpha value is -0.160. The maximum absolute atomic E-state index is 8.52. The van der Waals surface area contributed by atoms with Crippen LogP contribution in [0, 0.1) is 0 Å². The zero-order valence-corrected chi connectivity index (χ0v) is 9.74. The Morgan fingerprint density at radius 3 is 2.53 bits per heavy atom. The van der Waals surface area contributed by atoms with Gasteiger partial charge in [-0.15, -0.1) is 0 Å². The number of nitrogens with one attached hydrogen (secondary N) is 1. The fourth-order valence-electron chi connectivity index (χ4n) is 2.07. The Kier molecular flexibility index (Phi) is 6.17. The molecule has 1 rings (SSSR count). The Balaban J connectivity index is 2.04. The molecule has 0 aromatic heterocycles. The largest absolute Gasteiger partial charge is 0.394 e. The molecule has 0 aliphatic carbocycles. The number of hydrogen-bond donors (Lipinski definition) is 2. The first-order valence-corrected chi connectivity index (χ1v) is 5.79. The molecule has 0 amide bonds. The second kappa shape index (κ2) is 7.17. The van der Waals surface area contributed by atoms with Gasteiger partial charge in [0.2, 0.25) is 0 Å². The average Bonchev–Trinajstić information content (AvgIpc) is 2.16. The van der Waals surface area contributed by atoms with Gasteiger partial charge in [-0.1, -0.05) is 0 Å². The predicted octanol–water partition coefficient (Wildman–Crippen LogP) is 0.541. The second-order valence-electron chi connectivity index (χ2n) is 4.22. The molecular weight excluding hydrogens is 194 g/mol. The molecule has 4 heteroatoms. The van der Waals surface area contributed by atoms with E-state index in [0.29, 0.717) is 31.5 Å². The Labute approximate surface area is 92.0 Å². The van der Waals surface area contributed by atoms with Crippen LogP contribution in [-0.2, 0) is 9.47 Å².